The van der Waals surface area contributed by atoms with Crippen LogP contribution in [-0.2, 0) is 0 Å². The molecule has 206 valence electrons. The highest BCUT2D eigenvalue weighted by molar-refractivity contribution is 5.95. The average molecular weight is 561 g/mol. The second kappa shape index (κ2) is 9.97. The molecule has 0 unspecified atom stereocenters. The van der Waals surface area contributed by atoms with E-state index in [1.807, 2.05) is 0 Å². The van der Waals surface area contributed by atoms with Crippen LogP contribution in [-0.4, -0.2) is 0 Å². The summed E-state index contributed by atoms with van der Waals surface area (Å²) >= 11 is 0. The van der Waals surface area contributed by atoms with Crippen LogP contribution in [0.2, 0.25) is 0 Å². The van der Waals surface area contributed by atoms with Crippen molar-refractivity contribution in [2.75, 3.05) is 0 Å². The number of benzene rings is 8. The zero-order valence-corrected chi connectivity index (χ0v) is 24.1. The van der Waals surface area contributed by atoms with Gasteiger partial charge in [-0.3, -0.25) is 0 Å². The van der Waals surface area contributed by atoms with Crippen LogP contribution >= 0.6 is 0 Å². The SMILES string of the molecule is c1ccc(-c2ccc3cc(-c4ccc(C5c6c(ccc7ccccc67)Oc6ccc7ccccc7c65)cc4)ccc3c2)cc1. The molecule has 1 aliphatic rings. The summed E-state index contributed by atoms with van der Waals surface area (Å²) in [5, 5.41) is 7.43. The number of rotatable bonds is 3. The molecule has 44 heavy (non-hydrogen) atoms. The van der Waals surface area contributed by atoms with E-state index in [0.717, 1.165) is 11.5 Å². The molecule has 0 spiro atoms. The van der Waals surface area contributed by atoms with Crippen molar-refractivity contribution in [3.63, 3.8) is 0 Å². The molecule has 0 saturated carbocycles. The van der Waals surface area contributed by atoms with Gasteiger partial charge in [0.25, 0.3) is 0 Å². The molecule has 0 atom stereocenters. The normalized spacial score (nSPS) is 12.6. The first-order valence-electron chi connectivity index (χ1n) is 15.2. The van der Waals surface area contributed by atoms with E-state index >= 15 is 0 Å². The van der Waals surface area contributed by atoms with Crippen molar-refractivity contribution in [3.8, 4) is 33.8 Å². The van der Waals surface area contributed by atoms with Crippen LogP contribution in [0.4, 0.5) is 0 Å². The summed E-state index contributed by atoms with van der Waals surface area (Å²) in [7, 11) is 0. The molecule has 0 aromatic heterocycles. The maximum Gasteiger partial charge on any atom is 0.132 e. The van der Waals surface area contributed by atoms with Gasteiger partial charge in [0.15, 0.2) is 0 Å². The topological polar surface area (TPSA) is 9.23 Å². The first kappa shape index (κ1) is 24.9. The summed E-state index contributed by atoms with van der Waals surface area (Å²) in [4.78, 5) is 0. The summed E-state index contributed by atoms with van der Waals surface area (Å²) in [6.45, 7) is 0. The lowest BCUT2D eigenvalue weighted by Crippen LogP contribution is -2.13. The summed E-state index contributed by atoms with van der Waals surface area (Å²) in [6, 6.07) is 59.2. The predicted molar refractivity (Wildman–Crippen MR) is 184 cm³/mol. The molecule has 0 bridgehead atoms. The third-order valence-electron chi connectivity index (χ3n) is 9.18. The molecule has 1 nitrogen and oxygen atoms in total. The minimum absolute atomic E-state index is 0.0491. The lowest BCUT2D eigenvalue weighted by Gasteiger charge is -2.31. The standard InChI is InChI=1S/C43H28O/c1-2-8-28(9-3-1)33-18-20-36-27-34(19-21-35(36)26-33)29-14-16-32(17-15-29)41-42-37-12-6-4-10-30(37)22-24-39(42)44-40-25-23-31-11-5-7-13-38(31)43(40)41/h1-27,41H. The monoisotopic (exact) mass is 560 g/mol. The van der Waals surface area contributed by atoms with Crippen LogP contribution < -0.4 is 4.74 Å². The van der Waals surface area contributed by atoms with Gasteiger partial charge in [0.05, 0.1) is 0 Å². The Hall–Kier alpha value is -5.66. The van der Waals surface area contributed by atoms with Gasteiger partial charge in [-0.1, -0.05) is 140 Å². The highest BCUT2D eigenvalue weighted by Gasteiger charge is 2.32. The Morgan fingerprint density at radius 3 is 1.36 bits per heavy atom. The van der Waals surface area contributed by atoms with Gasteiger partial charge in [-0.25, -0.2) is 0 Å². The maximum absolute atomic E-state index is 6.62. The van der Waals surface area contributed by atoms with Crippen LogP contribution in [0, 0.1) is 0 Å². The minimum Gasteiger partial charge on any atom is -0.457 e. The van der Waals surface area contributed by atoms with Crippen LogP contribution in [0.3, 0.4) is 0 Å². The summed E-state index contributed by atoms with van der Waals surface area (Å²) in [5.41, 5.74) is 8.66. The van der Waals surface area contributed by atoms with E-state index in [1.54, 1.807) is 0 Å². The third kappa shape index (κ3) is 4.01. The first-order valence-corrected chi connectivity index (χ1v) is 15.2. The largest absolute Gasteiger partial charge is 0.457 e. The fraction of sp³-hybridized carbons (Fsp3) is 0.0233. The molecule has 1 heterocycles. The van der Waals surface area contributed by atoms with Crippen molar-refractivity contribution in [1.29, 1.82) is 0 Å². The Kier molecular flexibility index (Phi) is 5.64. The Labute approximate surface area is 256 Å². The number of hydrogen-bond acceptors (Lipinski definition) is 1. The van der Waals surface area contributed by atoms with Gasteiger partial charge in [-0.05, 0) is 84.4 Å². The Bertz CT molecular complexity index is 2260. The number of hydrogen-bond donors (Lipinski definition) is 0. The molecule has 0 N–H and O–H groups in total. The smallest absolute Gasteiger partial charge is 0.132 e. The minimum atomic E-state index is 0.0491. The molecule has 0 amide bonds. The molecule has 8 aromatic carbocycles. The van der Waals surface area contributed by atoms with E-state index in [-0.39, 0.29) is 5.92 Å². The van der Waals surface area contributed by atoms with E-state index in [0.29, 0.717) is 0 Å². The van der Waals surface area contributed by atoms with Crippen molar-refractivity contribution in [2.45, 2.75) is 5.92 Å². The highest BCUT2D eigenvalue weighted by atomic mass is 16.5. The zero-order chi connectivity index (χ0) is 29.0. The molecule has 9 rings (SSSR count). The molecular weight excluding hydrogens is 532 g/mol. The molecule has 0 saturated heterocycles. The predicted octanol–water partition coefficient (Wildman–Crippen LogP) is 11.8. The molecule has 1 aliphatic heterocycles. The van der Waals surface area contributed by atoms with Crippen molar-refractivity contribution in [1.82, 2.24) is 0 Å². The quantitative estimate of drug-likeness (QED) is 0.209. The molecular formula is C43H28O. The number of fused-ring (bicyclic) bond motifs is 7. The van der Waals surface area contributed by atoms with Crippen molar-refractivity contribution >= 4 is 32.3 Å². The van der Waals surface area contributed by atoms with Crippen LogP contribution in [0.25, 0.3) is 54.6 Å². The van der Waals surface area contributed by atoms with Crippen LogP contribution in [0.5, 0.6) is 11.5 Å². The summed E-state index contributed by atoms with van der Waals surface area (Å²) < 4.78 is 6.62. The lowest BCUT2D eigenvalue weighted by atomic mass is 9.78. The van der Waals surface area contributed by atoms with Gasteiger partial charge >= 0.3 is 0 Å². The molecule has 1 heteroatoms. The number of ether oxygens (including phenoxy) is 1. The fourth-order valence-corrected chi connectivity index (χ4v) is 7.02. The van der Waals surface area contributed by atoms with Crippen LogP contribution in [0.15, 0.2) is 164 Å². The van der Waals surface area contributed by atoms with E-state index < -0.39 is 0 Å². The first-order chi connectivity index (χ1) is 21.8. The Morgan fingerprint density at radius 2 is 0.795 bits per heavy atom. The Balaban J connectivity index is 1.16. The van der Waals surface area contributed by atoms with Gasteiger partial charge in [0.1, 0.15) is 11.5 Å². The lowest BCUT2D eigenvalue weighted by molar-refractivity contribution is 0.456. The summed E-state index contributed by atoms with van der Waals surface area (Å²) in [6.07, 6.45) is 0. The van der Waals surface area contributed by atoms with Crippen molar-refractivity contribution in [3.05, 3.63) is 180 Å². The average Bonchev–Trinajstić information content (AvgIpc) is 3.10. The Morgan fingerprint density at radius 1 is 0.341 bits per heavy atom. The maximum atomic E-state index is 6.62. The van der Waals surface area contributed by atoms with Gasteiger partial charge in [0.2, 0.25) is 0 Å². The molecule has 0 fully saturated rings. The van der Waals surface area contributed by atoms with Gasteiger partial charge < -0.3 is 4.74 Å². The molecule has 8 aromatic rings. The van der Waals surface area contributed by atoms with E-state index in [4.69, 9.17) is 4.74 Å². The van der Waals surface area contributed by atoms with E-state index in [1.165, 1.54) is 71.3 Å². The van der Waals surface area contributed by atoms with Crippen molar-refractivity contribution < 1.29 is 4.74 Å². The third-order valence-corrected chi connectivity index (χ3v) is 9.18. The van der Waals surface area contributed by atoms with Crippen molar-refractivity contribution in [2.24, 2.45) is 0 Å². The zero-order valence-electron chi connectivity index (χ0n) is 24.1. The van der Waals surface area contributed by atoms with Gasteiger partial charge in [-0.15, -0.1) is 0 Å². The van der Waals surface area contributed by atoms with Crippen LogP contribution in [0.1, 0.15) is 22.6 Å². The van der Waals surface area contributed by atoms with E-state index in [9.17, 15) is 0 Å². The van der Waals surface area contributed by atoms with Gasteiger partial charge in [-0.2, -0.15) is 0 Å². The molecule has 0 aliphatic carbocycles. The summed E-state index contributed by atoms with van der Waals surface area (Å²) in [5.74, 6) is 1.92. The van der Waals surface area contributed by atoms with Gasteiger partial charge in [0, 0.05) is 17.0 Å². The molecule has 0 radical (unpaired) electrons. The second-order valence-electron chi connectivity index (χ2n) is 11.7. The second-order valence-corrected chi connectivity index (χ2v) is 11.7. The fourth-order valence-electron chi connectivity index (χ4n) is 7.02. The highest BCUT2D eigenvalue weighted by Crippen LogP contribution is 2.52. The van der Waals surface area contributed by atoms with E-state index in [2.05, 4.69) is 164 Å².